The molecule has 0 aliphatic carbocycles. The van der Waals surface area contributed by atoms with E-state index in [-0.39, 0.29) is 11.5 Å². The standard InChI is InChI=1S/C16H30N2O3/c1-15(2,3)21-14(19)18-8-6-16(4,7-9-18)12-17-13-5-10-20-11-13/h13,17H,5-12H2,1-4H3. The number of carbonyl (C=O) groups excluding carboxylic acids is 1. The largest absolute Gasteiger partial charge is 0.444 e. The molecular weight excluding hydrogens is 268 g/mol. The highest BCUT2D eigenvalue weighted by atomic mass is 16.6. The molecule has 0 aromatic rings. The summed E-state index contributed by atoms with van der Waals surface area (Å²) in [5.74, 6) is 0. The van der Waals surface area contributed by atoms with Gasteiger partial charge in [0, 0.05) is 32.3 Å². The Balaban J connectivity index is 1.74. The van der Waals surface area contributed by atoms with Crippen molar-refractivity contribution in [2.24, 2.45) is 5.41 Å². The van der Waals surface area contributed by atoms with Crippen molar-refractivity contribution in [3.8, 4) is 0 Å². The van der Waals surface area contributed by atoms with Gasteiger partial charge in [-0.1, -0.05) is 6.92 Å². The van der Waals surface area contributed by atoms with E-state index in [4.69, 9.17) is 9.47 Å². The van der Waals surface area contributed by atoms with Gasteiger partial charge >= 0.3 is 6.09 Å². The molecule has 0 aromatic heterocycles. The van der Waals surface area contributed by atoms with Gasteiger partial charge in [0.2, 0.25) is 0 Å². The van der Waals surface area contributed by atoms with Crippen molar-refractivity contribution in [1.82, 2.24) is 10.2 Å². The van der Waals surface area contributed by atoms with E-state index in [1.807, 2.05) is 25.7 Å². The van der Waals surface area contributed by atoms with Crippen molar-refractivity contribution in [3.63, 3.8) is 0 Å². The van der Waals surface area contributed by atoms with Crippen molar-refractivity contribution in [2.75, 3.05) is 32.8 Å². The van der Waals surface area contributed by atoms with E-state index in [1.165, 1.54) is 0 Å². The van der Waals surface area contributed by atoms with Crippen molar-refractivity contribution in [3.05, 3.63) is 0 Å². The van der Waals surface area contributed by atoms with Crippen LogP contribution in [-0.4, -0.2) is 55.5 Å². The molecule has 1 unspecified atom stereocenters. The summed E-state index contributed by atoms with van der Waals surface area (Å²) in [6.07, 6.45) is 2.97. The quantitative estimate of drug-likeness (QED) is 0.869. The fraction of sp³-hybridized carbons (Fsp3) is 0.938. The predicted molar refractivity (Wildman–Crippen MR) is 82.4 cm³/mol. The lowest BCUT2D eigenvalue weighted by molar-refractivity contribution is 0.0117. The van der Waals surface area contributed by atoms with E-state index in [9.17, 15) is 4.79 Å². The van der Waals surface area contributed by atoms with Gasteiger partial charge in [0.15, 0.2) is 0 Å². The maximum Gasteiger partial charge on any atom is 0.410 e. The van der Waals surface area contributed by atoms with Gasteiger partial charge in [0.1, 0.15) is 5.60 Å². The van der Waals surface area contributed by atoms with Gasteiger partial charge in [-0.2, -0.15) is 0 Å². The number of hydrogen-bond donors (Lipinski definition) is 1. The fourth-order valence-corrected chi connectivity index (χ4v) is 2.82. The third kappa shape index (κ3) is 5.15. The van der Waals surface area contributed by atoms with Crippen LogP contribution in [0.15, 0.2) is 0 Å². The van der Waals surface area contributed by atoms with E-state index in [0.29, 0.717) is 6.04 Å². The molecular formula is C16H30N2O3. The van der Waals surface area contributed by atoms with Crippen LogP contribution >= 0.6 is 0 Å². The van der Waals surface area contributed by atoms with Crippen molar-refractivity contribution in [1.29, 1.82) is 0 Å². The van der Waals surface area contributed by atoms with Crippen LogP contribution in [0.1, 0.15) is 47.0 Å². The molecule has 0 bridgehead atoms. The molecule has 2 heterocycles. The lowest BCUT2D eigenvalue weighted by atomic mass is 9.80. The zero-order valence-electron chi connectivity index (χ0n) is 13.9. The van der Waals surface area contributed by atoms with E-state index in [2.05, 4.69) is 12.2 Å². The van der Waals surface area contributed by atoms with Crippen LogP contribution in [0.2, 0.25) is 0 Å². The summed E-state index contributed by atoms with van der Waals surface area (Å²) >= 11 is 0. The van der Waals surface area contributed by atoms with Gasteiger partial charge in [-0.3, -0.25) is 0 Å². The van der Waals surface area contributed by atoms with Crippen molar-refractivity contribution in [2.45, 2.75) is 58.6 Å². The van der Waals surface area contributed by atoms with Gasteiger partial charge in [0.25, 0.3) is 0 Å². The summed E-state index contributed by atoms with van der Waals surface area (Å²) in [4.78, 5) is 13.9. The van der Waals surface area contributed by atoms with E-state index < -0.39 is 5.60 Å². The van der Waals surface area contributed by atoms with Crippen LogP contribution in [0.5, 0.6) is 0 Å². The molecule has 2 fully saturated rings. The second kappa shape index (κ2) is 6.53. The normalized spacial score (nSPS) is 25.9. The SMILES string of the molecule is CC1(CNC2CCOC2)CCN(C(=O)OC(C)(C)C)CC1. The van der Waals surface area contributed by atoms with Crippen LogP contribution in [0, 0.1) is 5.41 Å². The topological polar surface area (TPSA) is 50.8 Å². The molecule has 2 aliphatic rings. The number of amides is 1. The monoisotopic (exact) mass is 298 g/mol. The molecule has 2 aliphatic heterocycles. The van der Waals surface area contributed by atoms with Gasteiger partial charge in [0.05, 0.1) is 6.61 Å². The third-order valence-corrected chi connectivity index (χ3v) is 4.37. The molecule has 1 N–H and O–H groups in total. The van der Waals surface area contributed by atoms with Gasteiger partial charge in [-0.05, 0) is 45.4 Å². The Morgan fingerprint density at radius 1 is 1.38 bits per heavy atom. The van der Waals surface area contributed by atoms with Gasteiger partial charge in [-0.25, -0.2) is 4.79 Å². The maximum absolute atomic E-state index is 12.1. The Morgan fingerprint density at radius 2 is 2.05 bits per heavy atom. The number of ether oxygens (including phenoxy) is 2. The van der Waals surface area contributed by atoms with Crippen LogP contribution in [-0.2, 0) is 9.47 Å². The van der Waals surface area contributed by atoms with Gasteiger partial charge < -0.3 is 19.7 Å². The molecule has 21 heavy (non-hydrogen) atoms. The van der Waals surface area contributed by atoms with Crippen LogP contribution in [0.25, 0.3) is 0 Å². The minimum Gasteiger partial charge on any atom is -0.444 e. The Hall–Kier alpha value is -0.810. The summed E-state index contributed by atoms with van der Waals surface area (Å²) in [6, 6.07) is 0.505. The number of likely N-dealkylation sites (tertiary alicyclic amines) is 1. The number of hydrogen-bond acceptors (Lipinski definition) is 4. The summed E-state index contributed by atoms with van der Waals surface area (Å²) in [6.45, 7) is 12.3. The highest BCUT2D eigenvalue weighted by Gasteiger charge is 2.34. The molecule has 5 nitrogen and oxygen atoms in total. The first-order valence-corrected chi connectivity index (χ1v) is 8.07. The summed E-state index contributed by atoms with van der Waals surface area (Å²) < 4.78 is 10.8. The summed E-state index contributed by atoms with van der Waals surface area (Å²) in [7, 11) is 0. The number of piperidine rings is 1. The molecule has 0 aromatic carbocycles. The minimum atomic E-state index is -0.415. The average Bonchev–Trinajstić information content (AvgIpc) is 2.88. The highest BCUT2D eigenvalue weighted by Crippen LogP contribution is 2.31. The average molecular weight is 298 g/mol. The molecule has 1 amide bonds. The smallest absolute Gasteiger partial charge is 0.410 e. The summed E-state index contributed by atoms with van der Waals surface area (Å²) in [5, 5.41) is 3.61. The Kier molecular flexibility index (Phi) is 5.15. The van der Waals surface area contributed by atoms with E-state index >= 15 is 0 Å². The minimum absolute atomic E-state index is 0.179. The Bertz CT molecular complexity index is 351. The van der Waals surface area contributed by atoms with Crippen molar-refractivity contribution >= 4 is 6.09 Å². The summed E-state index contributed by atoms with van der Waals surface area (Å²) in [5.41, 5.74) is -0.150. The molecule has 0 radical (unpaired) electrons. The molecule has 0 saturated carbocycles. The maximum atomic E-state index is 12.1. The fourth-order valence-electron chi connectivity index (χ4n) is 2.82. The number of nitrogens with one attached hydrogen (secondary N) is 1. The first-order chi connectivity index (χ1) is 9.77. The first-order valence-electron chi connectivity index (χ1n) is 8.07. The van der Waals surface area contributed by atoms with Crippen LogP contribution in [0.4, 0.5) is 4.79 Å². The molecule has 2 rings (SSSR count). The number of carbonyl (C=O) groups is 1. The molecule has 5 heteroatoms. The molecule has 1 atom stereocenters. The molecule has 2 saturated heterocycles. The second-order valence-corrected chi connectivity index (χ2v) is 7.72. The van der Waals surface area contributed by atoms with Gasteiger partial charge in [-0.15, -0.1) is 0 Å². The Morgan fingerprint density at radius 3 is 2.57 bits per heavy atom. The zero-order valence-corrected chi connectivity index (χ0v) is 13.9. The lowest BCUT2D eigenvalue weighted by Crippen LogP contribution is -2.48. The molecule has 122 valence electrons. The van der Waals surface area contributed by atoms with Crippen LogP contribution in [0.3, 0.4) is 0 Å². The number of nitrogens with zero attached hydrogens (tertiary/aromatic N) is 1. The second-order valence-electron chi connectivity index (χ2n) is 7.72. The lowest BCUT2D eigenvalue weighted by Gasteiger charge is -2.40. The zero-order chi connectivity index (χ0) is 15.5. The first kappa shape index (κ1) is 16.6. The predicted octanol–water partition coefficient (Wildman–Crippen LogP) is 2.40. The van der Waals surface area contributed by atoms with Crippen molar-refractivity contribution < 1.29 is 14.3 Å². The number of rotatable bonds is 3. The van der Waals surface area contributed by atoms with E-state index in [1.54, 1.807) is 0 Å². The molecule has 0 spiro atoms. The highest BCUT2D eigenvalue weighted by molar-refractivity contribution is 5.68. The Labute approximate surface area is 128 Å². The van der Waals surface area contributed by atoms with E-state index in [0.717, 1.165) is 52.1 Å². The third-order valence-electron chi connectivity index (χ3n) is 4.37. The van der Waals surface area contributed by atoms with Crippen LogP contribution < -0.4 is 5.32 Å².